The molecule has 0 saturated carbocycles. The standard InChI is InChI=1S/C8H14N2O/c1-8(11,4-5-9)7-3-2-6-10-7/h7,10-11H,2-4,6H2,1H3. The molecule has 1 heterocycles. The van der Waals surface area contributed by atoms with Crippen LogP contribution in [0.25, 0.3) is 0 Å². The van der Waals surface area contributed by atoms with E-state index in [1.165, 1.54) is 0 Å². The maximum absolute atomic E-state index is 9.73. The molecule has 0 aromatic carbocycles. The van der Waals surface area contributed by atoms with Crippen LogP contribution in [-0.4, -0.2) is 23.3 Å². The van der Waals surface area contributed by atoms with Crippen molar-refractivity contribution in [1.29, 1.82) is 5.26 Å². The van der Waals surface area contributed by atoms with Gasteiger partial charge in [0.05, 0.1) is 18.1 Å². The van der Waals surface area contributed by atoms with Gasteiger partial charge >= 0.3 is 0 Å². The first-order valence-electron chi connectivity index (χ1n) is 3.99. The molecule has 0 amide bonds. The van der Waals surface area contributed by atoms with E-state index in [2.05, 4.69) is 5.32 Å². The maximum Gasteiger partial charge on any atom is 0.0901 e. The quantitative estimate of drug-likeness (QED) is 0.605. The second-order valence-electron chi connectivity index (χ2n) is 3.34. The Kier molecular flexibility index (Phi) is 2.48. The van der Waals surface area contributed by atoms with E-state index in [0.29, 0.717) is 0 Å². The molecule has 0 radical (unpaired) electrons. The van der Waals surface area contributed by atoms with Crippen molar-refractivity contribution < 1.29 is 5.11 Å². The zero-order chi connectivity index (χ0) is 8.32. The van der Waals surface area contributed by atoms with Gasteiger partial charge in [-0.25, -0.2) is 0 Å². The Labute approximate surface area is 67.0 Å². The van der Waals surface area contributed by atoms with Crippen LogP contribution in [0.2, 0.25) is 0 Å². The van der Waals surface area contributed by atoms with Crippen LogP contribution < -0.4 is 5.32 Å². The summed E-state index contributed by atoms with van der Waals surface area (Å²) in [6, 6.07) is 2.11. The molecule has 11 heavy (non-hydrogen) atoms. The van der Waals surface area contributed by atoms with Gasteiger partial charge in [0.2, 0.25) is 0 Å². The van der Waals surface area contributed by atoms with E-state index in [4.69, 9.17) is 5.26 Å². The van der Waals surface area contributed by atoms with Gasteiger partial charge in [0.1, 0.15) is 0 Å². The van der Waals surface area contributed by atoms with Crippen LogP contribution in [0.1, 0.15) is 26.2 Å². The molecule has 0 aliphatic carbocycles. The monoisotopic (exact) mass is 154 g/mol. The predicted molar refractivity (Wildman–Crippen MR) is 41.9 cm³/mol. The Bertz CT molecular complexity index is 165. The lowest BCUT2D eigenvalue weighted by molar-refractivity contribution is 0.0304. The molecule has 1 rings (SSSR count). The summed E-state index contributed by atoms with van der Waals surface area (Å²) in [4.78, 5) is 0. The van der Waals surface area contributed by atoms with Crippen LogP contribution in [0.15, 0.2) is 0 Å². The number of hydrogen-bond acceptors (Lipinski definition) is 3. The first kappa shape index (κ1) is 8.51. The average Bonchev–Trinajstić information content (AvgIpc) is 2.37. The molecule has 3 nitrogen and oxygen atoms in total. The van der Waals surface area contributed by atoms with Crippen LogP contribution in [0.5, 0.6) is 0 Å². The van der Waals surface area contributed by atoms with Crippen LogP contribution in [0, 0.1) is 11.3 Å². The molecule has 1 aliphatic heterocycles. The molecule has 2 unspecified atom stereocenters. The topological polar surface area (TPSA) is 56.0 Å². The molecular formula is C8H14N2O. The molecule has 0 bridgehead atoms. The second-order valence-corrected chi connectivity index (χ2v) is 3.34. The van der Waals surface area contributed by atoms with Crippen molar-refractivity contribution in [2.75, 3.05) is 6.54 Å². The van der Waals surface area contributed by atoms with Gasteiger partial charge in [-0.05, 0) is 26.3 Å². The minimum absolute atomic E-state index is 0.113. The third-order valence-electron chi connectivity index (χ3n) is 2.25. The molecule has 0 aromatic rings. The average molecular weight is 154 g/mol. The van der Waals surface area contributed by atoms with Crippen molar-refractivity contribution in [1.82, 2.24) is 5.32 Å². The van der Waals surface area contributed by atoms with Gasteiger partial charge in [0, 0.05) is 6.04 Å². The summed E-state index contributed by atoms with van der Waals surface area (Å²) in [7, 11) is 0. The summed E-state index contributed by atoms with van der Waals surface area (Å²) in [5, 5.41) is 21.3. The third kappa shape index (κ3) is 1.92. The smallest absolute Gasteiger partial charge is 0.0901 e. The van der Waals surface area contributed by atoms with E-state index in [1.807, 2.05) is 6.07 Å². The largest absolute Gasteiger partial charge is 0.387 e. The van der Waals surface area contributed by atoms with E-state index in [-0.39, 0.29) is 12.5 Å². The molecule has 0 spiro atoms. The second kappa shape index (κ2) is 3.21. The highest BCUT2D eigenvalue weighted by atomic mass is 16.3. The van der Waals surface area contributed by atoms with Gasteiger partial charge in [-0.1, -0.05) is 0 Å². The fourth-order valence-corrected chi connectivity index (χ4v) is 1.50. The normalized spacial score (nSPS) is 29.4. The van der Waals surface area contributed by atoms with Crippen molar-refractivity contribution >= 4 is 0 Å². The molecule has 1 saturated heterocycles. The van der Waals surface area contributed by atoms with Gasteiger partial charge in [-0.3, -0.25) is 0 Å². The molecule has 1 aliphatic rings. The van der Waals surface area contributed by atoms with Crippen molar-refractivity contribution in [2.24, 2.45) is 0 Å². The summed E-state index contributed by atoms with van der Waals surface area (Å²) in [6.07, 6.45) is 2.30. The van der Waals surface area contributed by atoms with E-state index in [9.17, 15) is 5.11 Å². The van der Waals surface area contributed by atoms with Crippen LogP contribution in [0.3, 0.4) is 0 Å². The molecule has 0 aromatic heterocycles. The minimum atomic E-state index is -0.842. The van der Waals surface area contributed by atoms with E-state index >= 15 is 0 Å². The molecule has 1 fully saturated rings. The van der Waals surface area contributed by atoms with Gasteiger partial charge in [-0.15, -0.1) is 0 Å². The predicted octanol–water partition coefficient (Wildman–Crippen LogP) is 0.403. The van der Waals surface area contributed by atoms with Crippen LogP contribution >= 0.6 is 0 Å². The Balaban J connectivity index is 2.49. The summed E-state index contributed by atoms with van der Waals surface area (Å²) < 4.78 is 0. The van der Waals surface area contributed by atoms with E-state index in [0.717, 1.165) is 19.4 Å². The van der Waals surface area contributed by atoms with Crippen LogP contribution in [-0.2, 0) is 0 Å². The Morgan fingerprint density at radius 1 is 1.82 bits per heavy atom. The summed E-state index contributed by atoms with van der Waals surface area (Å²) >= 11 is 0. The van der Waals surface area contributed by atoms with E-state index < -0.39 is 5.60 Å². The fraction of sp³-hybridized carbons (Fsp3) is 0.875. The van der Waals surface area contributed by atoms with Gasteiger partial charge in [0.25, 0.3) is 0 Å². The summed E-state index contributed by atoms with van der Waals surface area (Å²) in [5.41, 5.74) is -0.842. The first-order valence-corrected chi connectivity index (χ1v) is 3.99. The summed E-state index contributed by atoms with van der Waals surface area (Å²) in [5.74, 6) is 0. The molecule has 62 valence electrons. The lowest BCUT2D eigenvalue weighted by Crippen LogP contribution is -2.44. The highest BCUT2D eigenvalue weighted by molar-refractivity contribution is 4.96. The first-order chi connectivity index (χ1) is 5.17. The lowest BCUT2D eigenvalue weighted by atomic mass is 9.92. The number of nitrogens with one attached hydrogen (secondary N) is 1. The van der Waals surface area contributed by atoms with Gasteiger partial charge in [0.15, 0.2) is 0 Å². The van der Waals surface area contributed by atoms with Gasteiger partial charge < -0.3 is 10.4 Å². The van der Waals surface area contributed by atoms with E-state index in [1.54, 1.807) is 6.92 Å². The molecular weight excluding hydrogens is 140 g/mol. The molecule has 2 N–H and O–H groups in total. The highest BCUT2D eigenvalue weighted by Gasteiger charge is 2.33. The zero-order valence-electron chi connectivity index (χ0n) is 6.80. The Morgan fingerprint density at radius 2 is 2.55 bits per heavy atom. The SMILES string of the molecule is CC(O)(CC#N)C1CCCN1. The number of aliphatic hydroxyl groups is 1. The van der Waals surface area contributed by atoms with Crippen molar-refractivity contribution in [3.63, 3.8) is 0 Å². The molecule has 2 atom stereocenters. The Hall–Kier alpha value is -0.590. The van der Waals surface area contributed by atoms with Crippen LogP contribution in [0.4, 0.5) is 0 Å². The zero-order valence-corrected chi connectivity index (χ0v) is 6.80. The summed E-state index contributed by atoms with van der Waals surface area (Å²) in [6.45, 7) is 2.69. The van der Waals surface area contributed by atoms with Gasteiger partial charge in [-0.2, -0.15) is 5.26 Å². The third-order valence-corrected chi connectivity index (χ3v) is 2.25. The molecule has 3 heteroatoms. The lowest BCUT2D eigenvalue weighted by Gasteiger charge is -2.27. The number of hydrogen-bond donors (Lipinski definition) is 2. The van der Waals surface area contributed by atoms with Crippen molar-refractivity contribution in [3.05, 3.63) is 0 Å². The minimum Gasteiger partial charge on any atom is -0.387 e. The van der Waals surface area contributed by atoms with Crippen molar-refractivity contribution in [3.8, 4) is 6.07 Å². The number of nitrogens with zero attached hydrogens (tertiary/aromatic N) is 1. The number of nitriles is 1. The highest BCUT2D eigenvalue weighted by Crippen LogP contribution is 2.21. The Morgan fingerprint density at radius 3 is 3.00 bits per heavy atom. The fourth-order valence-electron chi connectivity index (χ4n) is 1.50. The number of rotatable bonds is 2. The van der Waals surface area contributed by atoms with Crippen molar-refractivity contribution in [2.45, 2.75) is 37.8 Å². The maximum atomic E-state index is 9.73.